The van der Waals surface area contributed by atoms with Gasteiger partial charge in [0.1, 0.15) is 0 Å². The number of rotatable bonds is 6. The van der Waals surface area contributed by atoms with Crippen molar-refractivity contribution in [2.45, 2.75) is 23.8 Å². The van der Waals surface area contributed by atoms with E-state index in [-0.39, 0.29) is 29.0 Å². The first kappa shape index (κ1) is 17.9. The van der Waals surface area contributed by atoms with E-state index < -0.39 is 10.8 Å². The zero-order valence-electron chi connectivity index (χ0n) is 13.8. The lowest BCUT2D eigenvalue weighted by Gasteiger charge is -2.14. The Labute approximate surface area is 154 Å². The summed E-state index contributed by atoms with van der Waals surface area (Å²) < 4.78 is 0. The number of nitrogens with zero attached hydrogens (tertiary/aromatic N) is 1. The second-order valence-electron chi connectivity index (χ2n) is 5.95. The molecule has 2 amide bonds. The van der Waals surface area contributed by atoms with E-state index in [2.05, 4.69) is 11.4 Å². The van der Waals surface area contributed by atoms with Crippen LogP contribution in [-0.2, 0) is 11.2 Å². The van der Waals surface area contributed by atoms with Crippen molar-refractivity contribution in [3.05, 3.63) is 69.3 Å². The average Bonchev–Trinajstić information content (AvgIpc) is 3.02. The van der Waals surface area contributed by atoms with Crippen LogP contribution in [0.1, 0.15) is 33.9 Å². The standard InChI is InChI=1S/C18H17N3O4S/c19-18(23)12-6-8-16(15(9-12)21(24)25)26-10-17(22)20-14-7-5-11-3-1-2-4-13(11)14/h1-4,6,8-9,14H,5,7,10H2,(H2,19,23)(H,20,22). The van der Waals surface area contributed by atoms with E-state index in [1.165, 1.54) is 17.7 Å². The van der Waals surface area contributed by atoms with Crippen LogP contribution < -0.4 is 11.1 Å². The minimum absolute atomic E-state index is 0.0217. The van der Waals surface area contributed by atoms with Gasteiger partial charge in [-0.05, 0) is 36.1 Å². The van der Waals surface area contributed by atoms with Crippen molar-refractivity contribution in [2.24, 2.45) is 5.73 Å². The molecule has 0 fully saturated rings. The van der Waals surface area contributed by atoms with Crippen LogP contribution in [0.3, 0.4) is 0 Å². The zero-order chi connectivity index (χ0) is 18.7. The van der Waals surface area contributed by atoms with Crippen LogP contribution in [0.2, 0.25) is 0 Å². The van der Waals surface area contributed by atoms with Gasteiger partial charge in [-0.25, -0.2) is 0 Å². The number of amides is 2. The van der Waals surface area contributed by atoms with Crippen molar-refractivity contribution in [3.63, 3.8) is 0 Å². The Bertz CT molecular complexity index is 884. The highest BCUT2D eigenvalue weighted by Gasteiger charge is 2.24. The van der Waals surface area contributed by atoms with Gasteiger partial charge >= 0.3 is 0 Å². The van der Waals surface area contributed by atoms with Crippen LogP contribution in [0.15, 0.2) is 47.4 Å². The van der Waals surface area contributed by atoms with Crippen molar-refractivity contribution < 1.29 is 14.5 Å². The second kappa shape index (κ2) is 7.57. The van der Waals surface area contributed by atoms with Crippen LogP contribution in [0.4, 0.5) is 5.69 Å². The summed E-state index contributed by atoms with van der Waals surface area (Å²) in [5, 5.41) is 14.2. The molecule has 0 heterocycles. The number of fused-ring (bicyclic) bond motifs is 1. The van der Waals surface area contributed by atoms with Gasteiger partial charge < -0.3 is 11.1 Å². The fraction of sp³-hybridized carbons (Fsp3) is 0.222. The lowest BCUT2D eigenvalue weighted by atomic mass is 10.1. The first-order valence-corrected chi connectivity index (χ1v) is 9.02. The van der Waals surface area contributed by atoms with E-state index >= 15 is 0 Å². The monoisotopic (exact) mass is 371 g/mol. The fourth-order valence-corrected chi connectivity index (χ4v) is 3.84. The van der Waals surface area contributed by atoms with Crippen molar-refractivity contribution in [3.8, 4) is 0 Å². The van der Waals surface area contributed by atoms with E-state index in [1.54, 1.807) is 0 Å². The molecule has 0 radical (unpaired) electrons. The van der Waals surface area contributed by atoms with E-state index in [1.807, 2.05) is 18.2 Å². The van der Waals surface area contributed by atoms with Gasteiger partial charge in [-0.3, -0.25) is 19.7 Å². The normalized spacial score (nSPS) is 15.3. The van der Waals surface area contributed by atoms with Crippen molar-refractivity contribution in [1.82, 2.24) is 5.32 Å². The first-order valence-electron chi connectivity index (χ1n) is 8.04. The van der Waals surface area contributed by atoms with Crippen LogP contribution in [-0.4, -0.2) is 22.5 Å². The molecule has 2 aromatic rings. The van der Waals surface area contributed by atoms with Crippen molar-refractivity contribution in [1.29, 1.82) is 0 Å². The topological polar surface area (TPSA) is 115 Å². The Balaban J connectivity index is 1.65. The number of carbonyl (C=O) groups excluding carboxylic acids is 2. The lowest BCUT2D eigenvalue weighted by molar-refractivity contribution is -0.387. The molecule has 0 saturated carbocycles. The number of nitrogens with two attached hydrogens (primary N) is 1. The molecule has 8 heteroatoms. The molecule has 3 rings (SSSR count). The number of nitro groups is 1. The highest BCUT2D eigenvalue weighted by atomic mass is 32.2. The highest BCUT2D eigenvalue weighted by Crippen LogP contribution is 2.32. The van der Waals surface area contributed by atoms with Crippen LogP contribution in [0, 0.1) is 10.1 Å². The average molecular weight is 371 g/mol. The maximum Gasteiger partial charge on any atom is 0.283 e. The van der Waals surface area contributed by atoms with Gasteiger partial charge in [-0.15, -0.1) is 11.8 Å². The number of aryl methyl sites for hydroxylation is 1. The Morgan fingerprint density at radius 2 is 2.04 bits per heavy atom. The highest BCUT2D eigenvalue weighted by molar-refractivity contribution is 8.00. The summed E-state index contributed by atoms with van der Waals surface area (Å²) in [6.45, 7) is 0. The van der Waals surface area contributed by atoms with Crippen LogP contribution >= 0.6 is 11.8 Å². The summed E-state index contributed by atoms with van der Waals surface area (Å²) >= 11 is 1.06. The maximum atomic E-state index is 12.3. The number of nitro benzene ring substituents is 1. The molecule has 0 aromatic heterocycles. The van der Waals surface area contributed by atoms with Crippen LogP contribution in [0.25, 0.3) is 0 Å². The van der Waals surface area contributed by atoms with E-state index in [9.17, 15) is 19.7 Å². The lowest BCUT2D eigenvalue weighted by Crippen LogP contribution is -2.28. The number of carbonyl (C=O) groups is 2. The molecule has 26 heavy (non-hydrogen) atoms. The molecule has 0 saturated heterocycles. The molecular formula is C18H17N3O4S. The van der Waals surface area contributed by atoms with Crippen molar-refractivity contribution in [2.75, 3.05) is 5.75 Å². The summed E-state index contributed by atoms with van der Waals surface area (Å²) in [7, 11) is 0. The fourth-order valence-electron chi connectivity index (χ4n) is 3.02. The maximum absolute atomic E-state index is 12.3. The summed E-state index contributed by atoms with van der Waals surface area (Å²) in [6, 6.07) is 12.0. The third-order valence-corrected chi connectivity index (χ3v) is 5.33. The third-order valence-electron chi connectivity index (χ3n) is 4.27. The Morgan fingerprint density at radius 3 is 2.77 bits per heavy atom. The minimum atomic E-state index is -0.734. The summed E-state index contributed by atoms with van der Waals surface area (Å²) in [6.07, 6.45) is 1.78. The van der Waals surface area contributed by atoms with Crippen molar-refractivity contribution >= 4 is 29.3 Å². The largest absolute Gasteiger partial charge is 0.366 e. The number of primary amides is 1. The summed E-state index contributed by atoms with van der Waals surface area (Å²) in [4.78, 5) is 34.4. The molecular weight excluding hydrogens is 354 g/mol. The van der Waals surface area contributed by atoms with Gasteiger partial charge in [0.15, 0.2) is 0 Å². The number of benzene rings is 2. The van der Waals surface area contributed by atoms with Gasteiger partial charge in [0.2, 0.25) is 11.8 Å². The Hall–Kier alpha value is -2.87. The van der Waals surface area contributed by atoms with E-state index in [4.69, 9.17) is 5.73 Å². The van der Waals surface area contributed by atoms with Gasteiger partial charge in [0, 0.05) is 11.6 Å². The smallest absolute Gasteiger partial charge is 0.283 e. The van der Waals surface area contributed by atoms with Gasteiger partial charge in [-0.1, -0.05) is 24.3 Å². The number of nitrogens with one attached hydrogen (secondary N) is 1. The van der Waals surface area contributed by atoms with E-state index in [0.29, 0.717) is 4.90 Å². The Morgan fingerprint density at radius 1 is 1.27 bits per heavy atom. The number of hydrogen-bond donors (Lipinski definition) is 2. The molecule has 3 N–H and O–H groups in total. The predicted molar refractivity (Wildman–Crippen MR) is 98.0 cm³/mol. The van der Waals surface area contributed by atoms with Gasteiger partial charge in [-0.2, -0.15) is 0 Å². The molecule has 1 atom stereocenters. The quantitative estimate of drug-likeness (QED) is 0.460. The molecule has 0 bridgehead atoms. The molecule has 1 aliphatic carbocycles. The molecule has 1 unspecified atom stereocenters. The molecule has 134 valence electrons. The Kier molecular flexibility index (Phi) is 5.22. The summed E-state index contributed by atoms with van der Waals surface area (Å²) in [5.41, 5.74) is 7.35. The number of thioether (sulfide) groups is 1. The molecule has 2 aromatic carbocycles. The van der Waals surface area contributed by atoms with Crippen LogP contribution in [0.5, 0.6) is 0 Å². The molecule has 0 spiro atoms. The predicted octanol–water partition coefficient (Wildman–Crippen LogP) is 2.59. The van der Waals surface area contributed by atoms with Gasteiger partial charge in [0.25, 0.3) is 5.69 Å². The molecule has 0 aliphatic heterocycles. The zero-order valence-corrected chi connectivity index (χ0v) is 14.6. The molecule has 7 nitrogen and oxygen atoms in total. The van der Waals surface area contributed by atoms with Gasteiger partial charge in [0.05, 0.1) is 21.6 Å². The summed E-state index contributed by atoms with van der Waals surface area (Å²) in [5.74, 6) is -0.873. The van der Waals surface area contributed by atoms with E-state index in [0.717, 1.165) is 36.2 Å². The SMILES string of the molecule is NC(=O)c1ccc(SCC(=O)NC2CCc3ccccc32)c([N+](=O)[O-])c1. The minimum Gasteiger partial charge on any atom is -0.366 e. The molecule has 1 aliphatic rings. The third kappa shape index (κ3) is 3.85. The second-order valence-corrected chi connectivity index (χ2v) is 6.97. The first-order chi connectivity index (χ1) is 12.5. The number of hydrogen-bond acceptors (Lipinski definition) is 5.